The molecule has 1 aromatic carbocycles. The highest BCUT2D eigenvalue weighted by Crippen LogP contribution is 2.44. The van der Waals surface area contributed by atoms with E-state index in [-0.39, 0.29) is 22.6 Å². The number of thiophene rings is 1. The van der Waals surface area contributed by atoms with Gasteiger partial charge in [-0.25, -0.2) is 8.42 Å². The molecule has 1 aliphatic carbocycles. The maximum Gasteiger partial charge on any atom is 0.263 e. The maximum atomic E-state index is 13.0. The van der Waals surface area contributed by atoms with E-state index in [1.807, 2.05) is 11.9 Å². The van der Waals surface area contributed by atoms with Gasteiger partial charge >= 0.3 is 0 Å². The Bertz CT molecular complexity index is 975. The molecule has 2 aromatic rings. The first-order chi connectivity index (χ1) is 12.4. The second-order valence-corrected chi connectivity index (χ2v) is 10.5. The second-order valence-electron chi connectivity index (χ2n) is 7.07. The number of nitrogens with zero attached hydrogens (tertiary/aromatic N) is 1. The number of hydrogen-bond donors (Lipinski definition) is 0. The van der Waals surface area contributed by atoms with E-state index in [0.29, 0.717) is 21.0 Å². The van der Waals surface area contributed by atoms with E-state index in [1.165, 1.54) is 23.8 Å². The van der Waals surface area contributed by atoms with Crippen molar-refractivity contribution in [2.75, 3.05) is 7.05 Å². The highest BCUT2D eigenvalue weighted by Gasteiger charge is 2.32. The number of hydrogen-bond acceptors (Lipinski definition) is 4. The van der Waals surface area contributed by atoms with Crippen molar-refractivity contribution in [1.82, 2.24) is 4.90 Å². The molecule has 1 saturated carbocycles. The summed E-state index contributed by atoms with van der Waals surface area (Å²) >= 11 is 7.38. The molecule has 1 amide bonds. The smallest absolute Gasteiger partial charge is 0.263 e. The van der Waals surface area contributed by atoms with Crippen LogP contribution in [0.5, 0.6) is 0 Å². The van der Waals surface area contributed by atoms with Gasteiger partial charge in [0.15, 0.2) is 9.84 Å². The Labute approximate surface area is 162 Å². The van der Waals surface area contributed by atoms with Gasteiger partial charge in [0, 0.05) is 28.6 Å². The molecule has 0 unspecified atom stereocenters. The molecule has 138 valence electrons. The third kappa shape index (κ3) is 3.08. The lowest BCUT2D eigenvalue weighted by Crippen LogP contribution is -2.37. The fourth-order valence-corrected chi connectivity index (χ4v) is 7.10. The molecule has 1 fully saturated rings. The van der Waals surface area contributed by atoms with E-state index >= 15 is 0 Å². The average Bonchev–Trinajstić information content (AvgIpc) is 3.04. The van der Waals surface area contributed by atoms with Crippen LogP contribution in [0.15, 0.2) is 29.2 Å². The Kier molecular flexibility index (Phi) is 4.61. The van der Waals surface area contributed by atoms with Crippen molar-refractivity contribution >= 4 is 38.7 Å². The molecule has 4 rings (SSSR count). The van der Waals surface area contributed by atoms with Crippen LogP contribution < -0.4 is 0 Å². The number of amides is 1. The summed E-state index contributed by atoms with van der Waals surface area (Å²) in [6, 6.07) is 6.98. The molecule has 0 atom stereocenters. The SMILES string of the molecule is CN(C(=O)c1cc2c(s1)-c1ccc(Cl)cc1S(=O)(=O)C2)C1CCCCC1. The number of carbonyl (C=O) groups is 1. The van der Waals surface area contributed by atoms with Crippen molar-refractivity contribution < 1.29 is 13.2 Å². The van der Waals surface area contributed by atoms with Crippen molar-refractivity contribution in [2.45, 2.75) is 48.8 Å². The van der Waals surface area contributed by atoms with E-state index in [9.17, 15) is 13.2 Å². The quantitative estimate of drug-likeness (QED) is 0.718. The van der Waals surface area contributed by atoms with Crippen LogP contribution in [0.4, 0.5) is 0 Å². The first kappa shape index (κ1) is 18.0. The molecule has 7 heteroatoms. The van der Waals surface area contributed by atoms with Gasteiger partial charge in [0.05, 0.1) is 15.5 Å². The first-order valence-corrected chi connectivity index (χ1v) is 11.6. The van der Waals surface area contributed by atoms with Crippen LogP contribution in [-0.2, 0) is 15.6 Å². The number of rotatable bonds is 2. The minimum absolute atomic E-state index is 0.00999. The van der Waals surface area contributed by atoms with Gasteiger partial charge in [-0.05, 0) is 36.6 Å². The third-order valence-corrected chi connectivity index (χ3v) is 8.46. The molecule has 0 spiro atoms. The fraction of sp³-hybridized carbons (Fsp3) is 0.421. The Hall–Kier alpha value is -1.37. The Morgan fingerprint density at radius 3 is 2.65 bits per heavy atom. The van der Waals surface area contributed by atoms with Crippen molar-refractivity contribution in [3.8, 4) is 10.4 Å². The number of fused-ring (bicyclic) bond motifs is 3. The van der Waals surface area contributed by atoms with E-state index < -0.39 is 9.84 Å². The first-order valence-electron chi connectivity index (χ1n) is 8.79. The van der Waals surface area contributed by atoms with Crippen LogP contribution in [0.25, 0.3) is 10.4 Å². The van der Waals surface area contributed by atoms with Crippen molar-refractivity contribution in [1.29, 1.82) is 0 Å². The second kappa shape index (κ2) is 6.66. The van der Waals surface area contributed by atoms with Gasteiger partial charge in [-0.1, -0.05) is 36.9 Å². The Morgan fingerprint density at radius 2 is 1.92 bits per heavy atom. The molecule has 26 heavy (non-hydrogen) atoms. The summed E-state index contributed by atoms with van der Waals surface area (Å²) in [5.74, 6) is -0.0868. The summed E-state index contributed by atoms with van der Waals surface area (Å²) in [5, 5.41) is 0.403. The van der Waals surface area contributed by atoms with Gasteiger partial charge in [-0.3, -0.25) is 4.79 Å². The Morgan fingerprint density at radius 1 is 1.19 bits per heavy atom. The number of carbonyl (C=O) groups excluding carboxylic acids is 1. The summed E-state index contributed by atoms with van der Waals surface area (Å²) in [5.41, 5.74) is 1.37. The standard InChI is InChI=1S/C19H20ClNO3S2/c1-21(14-5-3-2-4-6-14)19(22)16-9-12-11-26(23,24)17-10-13(20)7-8-15(17)18(12)25-16/h7-10,14H,2-6,11H2,1H3. The lowest BCUT2D eigenvalue weighted by molar-refractivity contribution is 0.0701. The summed E-state index contributed by atoms with van der Waals surface area (Å²) < 4.78 is 25.2. The number of halogens is 1. The van der Waals surface area contributed by atoms with Crippen LogP contribution in [0, 0.1) is 0 Å². The van der Waals surface area contributed by atoms with Crippen LogP contribution in [0.2, 0.25) is 5.02 Å². The van der Waals surface area contributed by atoms with Gasteiger partial charge in [-0.2, -0.15) is 0 Å². The largest absolute Gasteiger partial charge is 0.338 e. The van der Waals surface area contributed by atoms with E-state index in [0.717, 1.165) is 30.6 Å². The average molecular weight is 410 g/mol. The van der Waals surface area contributed by atoms with Crippen LogP contribution in [-0.4, -0.2) is 32.3 Å². The Balaban J connectivity index is 1.71. The minimum Gasteiger partial charge on any atom is -0.338 e. The van der Waals surface area contributed by atoms with Crippen molar-refractivity contribution in [3.63, 3.8) is 0 Å². The summed E-state index contributed by atoms with van der Waals surface area (Å²) in [6.07, 6.45) is 5.65. The highest BCUT2D eigenvalue weighted by molar-refractivity contribution is 7.91. The topological polar surface area (TPSA) is 54.5 Å². The van der Waals surface area contributed by atoms with Crippen LogP contribution >= 0.6 is 22.9 Å². The number of sulfone groups is 1. The van der Waals surface area contributed by atoms with Gasteiger partial charge in [0.1, 0.15) is 0 Å². The van der Waals surface area contributed by atoms with E-state index in [4.69, 9.17) is 11.6 Å². The molecule has 2 heterocycles. The van der Waals surface area contributed by atoms with Gasteiger partial charge in [-0.15, -0.1) is 11.3 Å². The van der Waals surface area contributed by atoms with Crippen LogP contribution in [0.1, 0.15) is 47.3 Å². The summed E-state index contributed by atoms with van der Waals surface area (Å²) in [6.45, 7) is 0. The van der Waals surface area contributed by atoms with Crippen molar-refractivity contribution in [2.24, 2.45) is 0 Å². The molecule has 1 aromatic heterocycles. The lowest BCUT2D eigenvalue weighted by Gasteiger charge is -2.30. The summed E-state index contributed by atoms with van der Waals surface area (Å²) in [7, 11) is -1.57. The highest BCUT2D eigenvalue weighted by atomic mass is 35.5. The third-order valence-electron chi connectivity index (χ3n) is 5.33. The predicted molar refractivity (Wildman–Crippen MR) is 105 cm³/mol. The molecular formula is C19H20ClNO3S2. The monoisotopic (exact) mass is 409 g/mol. The molecule has 4 nitrogen and oxygen atoms in total. The molecule has 2 aliphatic rings. The minimum atomic E-state index is -3.43. The normalized spacial score (nSPS) is 18.8. The fourth-order valence-electron chi connectivity index (χ4n) is 3.90. The van der Waals surface area contributed by atoms with Crippen molar-refractivity contribution in [3.05, 3.63) is 39.7 Å². The molecule has 0 radical (unpaired) electrons. The van der Waals surface area contributed by atoms with E-state index in [1.54, 1.807) is 18.2 Å². The van der Waals surface area contributed by atoms with Crippen LogP contribution in [0.3, 0.4) is 0 Å². The predicted octanol–water partition coefficient (Wildman–Crippen LogP) is 4.76. The maximum absolute atomic E-state index is 13.0. The van der Waals surface area contributed by atoms with Gasteiger partial charge in [0.2, 0.25) is 0 Å². The molecule has 0 saturated heterocycles. The zero-order chi connectivity index (χ0) is 18.5. The zero-order valence-corrected chi connectivity index (χ0v) is 16.9. The van der Waals surface area contributed by atoms with E-state index in [2.05, 4.69) is 0 Å². The van der Waals surface area contributed by atoms with Gasteiger partial charge in [0.25, 0.3) is 5.91 Å². The number of benzene rings is 1. The molecule has 0 bridgehead atoms. The zero-order valence-electron chi connectivity index (χ0n) is 14.5. The molecule has 1 aliphatic heterocycles. The lowest BCUT2D eigenvalue weighted by atomic mass is 9.94. The molecule has 0 N–H and O–H groups in total. The summed E-state index contributed by atoms with van der Waals surface area (Å²) in [4.78, 5) is 16.5. The molecular weight excluding hydrogens is 390 g/mol. The van der Waals surface area contributed by atoms with Gasteiger partial charge < -0.3 is 4.90 Å².